The first-order valence-corrected chi connectivity index (χ1v) is 4.85. The van der Waals surface area contributed by atoms with Gasteiger partial charge in [-0.15, -0.1) is 0 Å². The maximum absolute atomic E-state index is 10.8. The third-order valence-corrected chi connectivity index (χ3v) is 1.94. The quantitative estimate of drug-likeness (QED) is 0.418. The number of benzene rings is 1. The molecular formula is C13H14O3. The van der Waals surface area contributed by atoms with Gasteiger partial charge in [-0.3, -0.25) is 0 Å². The van der Waals surface area contributed by atoms with E-state index in [2.05, 4.69) is 13.2 Å². The van der Waals surface area contributed by atoms with Crippen molar-refractivity contribution in [1.29, 1.82) is 0 Å². The topological polar surface area (TPSA) is 35.5 Å². The zero-order valence-electron chi connectivity index (χ0n) is 9.02. The van der Waals surface area contributed by atoms with Gasteiger partial charge in [-0.05, 0) is 11.1 Å². The monoisotopic (exact) mass is 218 g/mol. The first-order valence-electron chi connectivity index (χ1n) is 4.85. The van der Waals surface area contributed by atoms with E-state index >= 15 is 0 Å². The van der Waals surface area contributed by atoms with Crippen LogP contribution in [0.25, 0.3) is 0 Å². The number of carbonyl (C=O) groups is 1. The second kappa shape index (κ2) is 6.45. The second-order valence-electron chi connectivity index (χ2n) is 3.11. The largest absolute Gasteiger partial charge is 0.497 e. The Morgan fingerprint density at radius 2 is 1.69 bits per heavy atom. The summed E-state index contributed by atoms with van der Waals surface area (Å²) in [6.07, 6.45) is 2.55. The van der Waals surface area contributed by atoms with Gasteiger partial charge in [0.25, 0.3) is 0 Å². The van der Waals surface area contributed by atoms with Crippen molar-refractivity contribution in [1.82, 2.24) is 0 Å². The van der Waals surface area contributed by atoms with Crippen LogP contribution in [0.3, 0.4) is 0 Å². The Kier molecular flexibility index (Phi) is 4.86. The van der Waals surface area contributed by atoms with Crippen LogP contribution in [-0.2, 0) is 27.5 Å². The van der Waals surface area contributed by atoms with Crippen molar-refractivity contribution in [2.24, 2.45) is 0 Å². The average molecular weight is 218 g/mol. The first-order chi connectivity index (χ1) is 7.76. The van der Waals surface area contributed by atoms with Crippen LogP contribution >= 0.6 is 0 Å². The summed E-state index contributed by atoms with van der Waals surface area (Å²) in [6, 6.07) is 7.61. The summed E-state index contributed by atoms with van der Waals surface area (Å²) in [6.45, 7) is 7.54. The zero-order valence-corrected chi connectivity index (χ0v) is 9.02. The lowest BCUT2D eigenvalue weighted by atomic mass is 10.1. The van der Waals surface area contributed by atoms with Gasteiger partial charge in [0.2, 0.25) is 0 Å². The van der Waals surface area contributed by atoms with Gasteiger partial charge in [-0.2, -0.15) is 0 Å². The van der Waals surface area contributed by atoms with Crippen molar-refractivity contribution in [2.45, 2.75) is 13.2 Å². The molecule has 0 unspecified atom stereocenters. The normalized spacial score (nSPS) is 9.25. The number of hydrogen-bond acceptors (Lipinski definition) is 3. The van der Waals surface area contributed by atoms with Crippen molar-refractivity contribution < 1.29 is 14.3 Å². The molecule has 16 heavy (non-hydrogen) atoms. The fourth-order valence-corrected chi connectivity index (χ4v) is 1.10. The summed E-state index contributed by atoms with van der Waals surface area (Å²) in [4.78, 5) is 10.8. The smallest absolute Gasteiger partial charge is 0.330 e. The molecule has 0 heterocycles. The Bertz CT molecular complexity index is 365. The average Bonchev–Trinajstić information content (AvgIpc) is 2.34. The summed E-state index contributed by atoms with van der Waals surface area (Å²) in [5, 5.41) is 0. The van der Waals surface area contributed by atoms with Gasteiger partial charge in [0.15, 0.2) is 0 Å². The number of carbonyl (C=O) groups excluding carboxylic acids is 1. The van der Waals surface area contributed by atoms with E-state index < -0.39 is 5.97 Å². The highest BCUT2D eigenvalue weighted by Gasteiger charge is 1.98. The number of ether oxygens (including phenoxy) is 2. The molecule has 0 fully saturated rings. The van der Waals surface area contributed by atoms with Gasteiger partial charge in [0.1, 0.15) is 13.2 Å². The standard InChI is InChI=1S/C13H14O3/c1-3-13(14)16-10-12-7-5-11(6-8-12)9-15-4-2/h3-8H,1-2,9-10H2. The van der Waals surface area contributed by atoms with Crippen LogP contribution in [0.5, 0.6) is 0 Å². The van der Waals surface area contributed by atoms with Crippen LogP contribution in [0.15, 0.2) is 49.8 Å². The summed E-state index contributed by atoms with van der Waals surface area (Å²) < 4.78 is 9.93. The lowest BCUT2D eigenvalue weighted by molar-refractivity contribution is -0.138. The molecule has 0 saturated heterocycles. The zero-order chi connectivity index (χ0) is 11.8. The van der Waals surface area contributed by atoms with E-state index in [1.165, 1.54) is 6.26 Å². The Morgan fingerprint density at radius 3 is 2.19 bits per heavy atom. The van der Waals surface area contributed by atoms with Crippen LogP contribution in [0, 0.1) is 0 Å². The van der Waals surface area contributed by atoms with Crippen molar-refractivity contribution >= 4 is 5.97 Å². The molecule has 0 N–H and O–H groups in total. The minimum Gasteiger partial charge on any atom is -0.497 e. The number of rotatable bonds is 6. The molecule has 0 spiro atoms. The van der Waals surface area contributed by atoms with Gasteiger partial charge >= 0.3 is 5.97 Å². The number of hydrogen-bond donors (Lipinski definition) is 0. The molecule has 0 saturated carbocycles. The first kappa shape index (κ1) is 12.0. The van der Waals surface area contributed by atoms with Crippen molar-refractivity contribution in [3.05, 3.63) is 60.9 Å². The molecule has 1 rings (SSSR count). The highest BCUT2D eigenvalue weighted by Crippen LogP contribution is 2.07. The fraction of sp³-hybridized carbons (Fsp3) is 0.154. The van der Waals surface area contributed by atoms with E-state index in [1.54, 1.807) is 0 Å². The van der Waals surface area contributed by atoms with Crippen molar-refractivity contribution in [2.75, 3.05) is 0 Å². The van der Waals surface area contributed by atoms with Crippen molar-refractivity contribution in [3.8, 4) is 0 Å². The summed E-state index contributed by atoms with van der Waals surface area (Å²) in [5.41, 5.74) is 1.97. The van der Waals surface area contributed by atoms with Crippen LogP contribution in [0.2, 0.25) is 0 Å². The molecule has 0 aliphatic rings. The van der Waals surface area contributed by atoms with Crippen LogP contribution in [-0.4, -0.2) is 5.97 Å². The fourth-order valence-electron chi connectivity index (χ4n) is 1.10. The highest BCUT2D eigenvalue weighted by molar-refractivity contribution is 5.81. The summed E-state index contributed by atoms with van der Waals surface area (Å²) >= 11 is 0. The van der Waals surface area contributed by atoms with E-state index in [1.807, 2.05) is 24.3 Å². The predicted octanol–water partition coefficient (Wildman–Crippen LogP) is 2.58. The van der Waals surface area contributed by atoms with Gasteiger partial charge < -0.3 is 9.47 Å². The van der Waals surface area contributed by atoms with Gasteiger partial charge in [-0.25, -0.2) is 4.79 Å². The van der Waals surface area contributed by atoms with Crippen LogP contribution in [0.1, 0.15) is 11.1 Å². The molecule has 84 valence electrons. The minimum absolute atomic E-state index is 0.257. The number of esters is 1. The van der Waals surface area contributed by atoms with E-state index in [9.17, 15) is 4.79 Å². The third kappa shape index (κ3) is 4.00. The van der Waals surface area contributed by atoms with Crippen molar-refractivity contribution in [3.63, 3.8) is 0 Å². The van der Waals surface area contributed by atoms with Crippen LogP contribution in [0.4, 0.5) is 0 Å². The summed E-state index contributed by atoms with van der Waals surface area (Å²) in [7, 11) is 0. The van der Waals surface area contributed by atoms with E-state index in [-0.39, 0.29) is 6.61 Å². The molecule has 0 aliphatic carbocycles. The molecule has 1 aromatic carbocycles. The summed E-state index contributed by atoms with van der Waals surface area (Å²) in [5.74, 6) is -0.418. The third-order valence-electron chi connectivity index (χ3n) is 1.94. The molecule has 0 radical (unpaired) electrons. The predicted molar refractivity (Wildman–Crippen MR) is 61.4 cm³/mol. The maximum Gasteiger partial charge on any atom is 0.330 e. The molecule has 0 aromatic heterocycles. The molecule has 0 amide bonds. The maximum atomic E-state index is 10.8. The Labute approximate surface area is 95.0 Å². The Balaban J connectivity index is 2.47. The molecule has 1 aromatic rings. The molecule has 3 nitrogen and oxygen atoms in total. The SMILES string of the molecule is C=COCc1ccc(COC(=O)C=C)cc1. The molecular weight excluding hydrogens is 204 g/mol. The minimum atomic E-state index is -0.418. The molecule has 3 heteroatoms. The molecule has 0 atom stereocenters. The van der Waals surface area contributed by atoms with Gasteiger partial charge in [0, 0.05) is 6.08 Å². The lowest BCUT2D eigenvalue weighted by Gasteiger charge is -2.04. The highest BCUT2D eigenvalue weighted by atomic mass is 16.5. The molecule has 0 aliphatic heterocycles. The van der Waals surface area contributed by atoms with E-state index in [0.717, 1.165) is 17.2 Å². The Hall–Kier alpha value is -2.03. The van der Waals surface area contributed by atoms with E-state index in [4.69, 9.17) is 9.47 Å². The van der Waals surface area contributed by atoms with Gasteiger partial charge in [-0.1, -0.05) is 37.4 Å². The second-order valence-corrected chi connectivity index (χ2v) is 3.11. The van der Waals surface area contributed by atoms with Gasteiger partial charge in [0.05, 0.1) is 6.26 Å². The van der Waals surface area contributed by atoms with E-state index in [0.29, 0.717) is 6.61 Å². The lowest BCUT2D eigenvalue weighted by Crippen LogP contribution is -2.00. The van der Waals surface area contributed by atoms with Crippen LogP contribution < -0.4 is 0 Å². The molecule has 0 bridgehead atoms. The Morgan fingerprint density at radius 1 is 1.12 bits per heavy atom.